The molecular formula is C14H21NO2. The minimum Gasteiger partial charge on any atom is -0.483 e. The molecule has 1 aromatic rings. The molecule has 1 rings (SSSR count). The standard InChI is InChI=1S/C14H21NO2/c1-5-15(4)14(16)10-17-13-9-7-6-8-12(13)11(2)3/h6-9,11H,5,10H2,1-4H3. The van der Waals surface area contributed by atoms with Gasteiger partial charge in [0, 0.05) is 13.6 Å². The van der Waals surface area contributed by atoms with Crippen LogP contribution in [-0.4, -0.2) is 31.0 Å². The Balaban J connectivity index is 2.66. The topological polar surface area (TPSA) is 29.5 Å². The molecule has 0 spiro atoms. The minimum absolute atomic E-state index is 0.00561. The van der Waals surface area contributed by atoms with Crippen LogP contribution < -0.4 is 4.74 Å². The van der Waals surface area contributed by atoms with E-state index in [2.05, 4.69) is 13.8 Å². The molecular weight excluding hydrogens is 214 g/mol. The van der Waals surface area contributed by atoms with Crippen LogP contribution in [0, 0.1) is 0 Å². The number of benzene rings is 1. The Labute approximate surface area is 103 Å². The summed E-state index contributed by atoms with van der Waals surface area (Å²) in [4.78, 5) is 13.3. The third-order valence-corrected chi connectivity index (χ3v) is 2.79. The van der Waals surface area contributed by atoms with Crippen molar-refractivity contribution in [3.63, 3.8) is 0 Å². The molecule has 3 nitrogen and oxygen atoms in total. The molecule has 94 valence electrons. The van der Waals surface area contributed by atoms with Gasteiger partial charge in [-0.15, -0.1) is 0 Å². The van der Waals surface area contributed by atoms with Crippen molar-refractivity contribution in [2.75, 3.05) is 20.2 Å². The Morgan fingerprint density at radius 3 is 2.59 bits per heavy atom. The Morgan fingerprint density at radius 2 is 2.00 bits per heavy atom. The van der Waals surface area contributed by atoms with Gasteiger partial charge in [-0.1, -0.05) is 32.0 Å². The third kappa shape index (κ3) is 3.77. The molecule has 0 aliphatic heterocycles. The second-order valence-electron chi connectivity index (χ2n) is 4.39. The molecule has 0 unspecified atom stereocenters. The van der Waals surface area contributed by atoms with Gasteiger partial charge in [-0.25, -0.2) is 0 Å². The summed E-state index contributed by atoms with van der Waals surface area (Å²) in [5.74, 6) is 1.21. The van der Waals surface area contributed by atoms with E-state index in [1.165, 1.54) is 0 Å². The van der Waals surface area contributed by atoms with Crippen LogP contribution in [0.25, 0.3) is 0 Å². The van der Waals surface area contributed by atoms with E-state index in [0.29, 0.717) is 12.5 Å². The average molecular weight is 235 g/mol. The van der Waals surface area contributed by atoms with Gasteiger partial charge < -0.3 is 9.64 Å². The maximum Gasteiger partial charge on any atom is 0.260 e. The quantitative estimate of drug-likeness (QED) is 0.785. The monoisotopic (exact) mass is 235 g/mol. The fourth-order valence-electron chi connectivity index (χ4n) is 1.51. The van der Waals surface area contributed by atoms with Crippen molar-refractivity contribution in [2.45, 2.75) is 26.7 Å². The number of nitrogens with zero attached hydrogens (tertiary/aromatic N) is 1. The molecule has 0 fully saturated rings. The highest BCUT2D eigenvalue weighted by Gasteiger charge is 2.10. The van der Waals surface area contributed by atoms with Crippen molar-refractivity contribution < 1.29 is 9.53 Å². The third-order valence-electron chi connectivity index (χ3n) is 2.79. The van der Waals surface area contributed by atoms with Crippen molar-refractivity contribution in [1.82, 2.24) is 4.90 Å². The molecule has 1 aromatic carbocycles. The van der Waals surface area contributed by atoms with Crippen molar-refractivity contribution in [2.24, 2.45) is 0 Å². The highest BCUT2D eigenvalue weighted by atomic mass is 16.5. The maximum atomic E-state index is 11.6. The molecule has 0 saturated carbocycles. The first kappa shape index (κ1) is 13.6. The molecule has 0 aromatic heterocycles. The first-order valence-corrected chi connectivity index (χ1v) is 6.02. The number of carbonyl (C=O) groups is 1. The van der Waals surface area contributed by atoms with Crippen molar-refractivity contribution in [3.05, 3.63) is 29.8 Å². The van der Waals surface area contributed by atoms with Gasteiger partial charge >= 0.3 is 0 Å². The number of para-hydroxylation sites is 1. The first-order valence-electron chi connectivity index (χ1n) is 6.02. The fraction of sp³-hybridized carbons (Fsp3) is 0.500. The second-order valence-corrected chi connectivity index (χ2v) is 4.39. The Bertz CT molecular complexity index is 374. The number of hydrogen-bond donors (Lipinski definition) is 0. The molecule has 0 bridgehead atoms. The molecule has 1 amide bonds. The number of likely N-dealkylation sites (N-methyl/N-ethyl adjacent to an activating group) is 1. The summed E-state index contributed by atoms with van der Waals surface area (Å²) < 4.78 is 5.59. The van der Waals surface area contributed by atoms with E-state index < -0.39 is 0 Å². The molecule has 0 heterocycles. The van der Waals surface area contributed by atoms with Crippen molar-refractivity contribution in [3.8, 4) is 5.75 Å². The van der Waals surface area contributed by atoms with E-state index in [-0.39, 0.29) is 12.5 Å². The van der Waals surface area contributed by atoms with E-state index >= 15 is 0 Å². The molecule has 0 atom stereocenters. The molecule has 0 saturated heterocycles. The van der Waals surface area contributed by atoms with Gasteiger partial charge in [-0.05, 0) is 24.5 Å². The molecule has 3 heteroatoms. The lowest BCUT2D eigenvalue weighted by molar-refractivity contribution is -0.131. The number of amides is 1. The minimum atomic E-state index is 0.00561. The maximum absolute atomic E-state index is 11.6. The van der Waals surface area contributed by atoms with E-state index in [0.717, 1.165) is 11.3 Å². The Kier molecular flexibility index (Phi) is 5.01. The Hall–Kier alpha value is -1.51. The van der Waals surface area contributed by atoms with Gasteiger partial charge in [0.25, 0.3) is 5.91 Å². The molecule has 17 heavy (non-hydrogen) atoms. The summed E-state index contributed by atoms with van der Waals surface area (Å²) in [6.07, 6.45) is 0. The zero-order chi connectivity index (χ0) is 12.8. The summed E-state index contributed by atoms with van der Waals surface area (Å²) in [7, 11) is 1.78. The Morgan fingerprint density at radius 1 is 1.35 bits per heavy atom. The van der Waals surface area contributed by atoms with Gasteiger partial charge in [0.15, 0.2) is 6.61 Å². The largest absolute Gasteiger partial charge is 0.483 e. The summed E-state index contributed by atoms with van der Waals surface area (Å²) in [5.41, 5.74) is 1.14. The van der Waals surface area contributed by atoms with Crippen molar-refractivity contribution >= 4 is 5.91 Å². The number of hydrogen-bond acceptors (Lipinski definition) is 2. The summed E-state index contributed by atoms with van der Waals surface area (Å²) in [5, 5.41) is 0. The lowest BCUT2D eigenvalue weighted by Crippen LogP contribution is -2.31. The second kappa shape index (κ2) is 6.28. The van der Waals surface area contributed by atoms with E-state index in [4.69, 9.17) is 4.74 Å². The predicted octanol–water partition coefficient (Wildman–Crippen LogP) is 2.67. The molecule has 0 aliphatic carbocycles. The predicted molar refractivity (Wildman–Crippen MR) is 69.3 cm³/mol. The normalized spacial score (nSPS) is 10.4. The lowest BCUT2D eigenvalue weighted by Gasteiger charge is -2.17. The summed E-state index contributed by atoms with van der Waals surface area (Å²) in [6, 6.07) is 7.86. The number of rotatable bonds is 5. The zero-order valence-electron chi connectivity index (χ0n) is 11.1. The van der Waals surface area contributed by atoms with Crippen LogP contribution in [0.3, 0.4) is 0 Å². The number of ether oxygens (including phenoxy) is 1. The lowest BCUT2D eigenvalue weighted by atomic mass is 10.0. The van der Waals surface area contributed by atoms with E-state index in [1.54, 1.807) is 11.9 Å². The molecule has 0 N–H and O–H groups in total. The highest BCUT2D eigenvalue weighted by Crippen LogP contribution is 2.25. The average Bonchev–Trinajstić information content (AvgIpc) is 2.35. The molecule has 0 aliphatic rings. The summed E-state index contributed by atoms with van der Waals surface area (Å²) in [6.45, 7) is 6.98. The van der Waals surface area contributed by atoms with Crippen LogP contribution in [-0.2, 0) is 4.79 Å². The van der Waals surface area contributed by atoms with Crippen LogP contribution in [0.1, 0.15) is 32.3 Å². The van der Waals surface area contributed by atoms with E-state index in [1.807, 2.05) is 31.2 Å². The van der Waals surface area contributed by atoms with Gasteiger partial charge in [0.2, 0.25) is 0 Å². The van der Waals surface area contributed by atoms with Crippen molar-refractivity contribution in [1.29, 1.82) is 0 Å². The van der Waals surface area contributed by atoms with Crippen LogP contribution in [0.2, 0.25) is 0 Å². The first-order chi connectivity index (χ1) is 8.06. The van der Waals surface area contributed by atoms with Crippen LogP contribution in [0.15, 0.2) is 24.3 Å². The van der Waals surface area contributed by atoms with E-state index in [9.17, 15) is 4.79 Å². The fourth-order valence-corrected chi connectivity index (χ4v) is 1.51. The van der Waals surface area contributed by atoms with Crippen LogP contribution in [0.4, 0.5) is 0 Å². The van der Waals surface area contributed by atoms with Gasteiger partial charge in [-0.2, -0.15) is 0 Å². The smallest absolute Gasteiger partial charge is 0.260 e. The zero-order valence-corrected chi connectivity index (χ0v) is 11.1. The number of carbonyl (C=O) groups excluding carboxylic acids is 1. The summed E-state index contributed by atoms with van der Waals surface area (Å²) >= 11 is 0. The van der Waals surface area contributed by atoms with Gasteiger partial charge in [0.05, 0.1) is 0 Å². The van der Waals surface area contributed by atoms with Crippen LogP contribution >= 0.6 is 0 Å². The SMILES string of the molecule is CCN(C)C(=O)COc1ccccc1C(C)C. The van der Waals surface area contributed by atoms with Gasteiger partial charge in [0.1, 0.15) is 5.75 Å². The molecule has 0 radical (unpaired) electrons. The van der Waals surface area contributed by atoms with Crippen LogP contribution in [0.5, 0.6) is 5.75 Å². The van der Waals surface area contributed by atoms with Gasteiger partial charge in [-0.3, -0.25) is 4.79 Å². The highest BCUT2D eigenvalue weighted by molar-refractivity contribution is 5.77.